The molecule has 0 bridgehead atoms. The average Bonchev–Trinajstić information content (AvgIpc) is 3.36. The summed E-state index contributed by atoms with van der Waals surface area (Å²) in [5.74, 6) is 0.310. The Kier molecular flexibility index (Phi) is 4.90. The quantitative estimate of drug-likeness (QED) is 0.525. The van der Waals surface area contributed by atoms with Crippen LogP contribution in [0.25, 0.3) is 5.69 Å². The largest absolute Gasteiger partial charge is 0.370 e. The van der Waals surface area contributed by atoms with Gasteiger partial charge in [0.15, 0.2) is 5.82 Å². The van der Waals surface area contributed by atoms with Gasteiger partial charge in [-0.15, -0.1) is 0 Å². The van der Waals surface area contributed by atoms with Crippen molar-refractivity contribution in [1.29, 1.82) is 0 Å². The molecule has 10 heteroatoms. The van der Waals surface area contributed by atoms with E-state index in [1.807, 2.05) is 6.92 Å². The lowest BCUT2D eigenvalue weighted by Crippen LogP contribution is -2.05. The summed E-state index contributed by atoms with van der Waals surface area (Å²) in [6.07, 6.45) is 3.31. The van der Waals surface area contributed by atoms with Gasteiger partial charge in [-0.05, 0) is 56.2 Å². The molecule has 0 aliphatic carbocycles. The number of rotatable bonds is 4. The van der Waals surface area contributed by atoms with Crippen molar-refractivity contribution < 1.29 is 9.13 Å². The van der Waals surface area contributed by atoms with Crippen molar-refractivity contribution in [2.24, 2.45) is 5.10 Å². The molecule has 27 heavy (non-hydrogen) atoms. The first-order chi connectivity index (χ1) is 13.0. The topological polar surface area (TPSA) is 73.0 Å². The van der Waals surface area contributed by atoms with Gasteiger partial charge in [-0.3, -0.25) is 5.10 Å². The predicted octanol–water partition coefficient (Wildman–Crippen LogP) is 3.96. The highest BCUT2D eigenvalue weighted by Gasteiger charge is 2.23. The van der Waals surface area contributed by atoms with Crippen molar-refractivity contribution in [1.82, 2.24) is 24.7 Å². The third kappa shape index (κ3) is 3.45. The SMILES string of the molecule is Cc1nn(-c2ccc(F)cc2)c(Cl)c1C=Nn1c([C@@H]2CCCO2)n[nH]c1=S. The number of H-pyrrole nitrogens is 1. The number of aryl methyl sites for hydroxylation is 1. The zero-order valence-electron chi connectivity index (χ0n) is 14.4. The Hall–Kier alpha value is -2.36. The van der Waals surface area contributed by atoms with Gasteiger partial charge in [0.05, 0.1) is 23.2 Å². The van der Waals surface area contributed by atoms with E-state index >= 15 is 0 Å². The number of hydrogen-bond donors (Lipinski definition) is 1. The van der Waals surface area contributed by atoms with Crippen molar-refractivity contribution in [2.75, 3.05) is 6.61 Å². The molecule has 3 aromatic rings. The maximum absolute atomic E-state index is 13.2. The normalized spacial score (nSPS) is 17.2. The molecule has 0 saturated carbocycles. The third-order valence-corrected chi connectivity index (χ3v) is 4.94. The molecule has 1 aliphatic heterocycles. The molecular weight excluding hydrogens is 391 g/mol. The molecule has 1 aliphatic rings. The molecule has 1 saturated heterocycles. The smallest absolute Gasteiger partial charge is 0.216 e. The van der Waals surface area contributed by atoms with Crippen molar-refractivity contribution in [3.8, 4) is 5.69 Å². The lowest BCUT2D eigenvalue weighted by Gasteiger charge is -2.07. The fraction of sp³-hybridized carbons (Fsp3) is 0.294. The van der Waals surface area contributed by atoms with E-state index in [1.54, 1.807) is 18.3 Å². The van der Waals surface area contributed by atoms with Gasteiger partial charge < -0.3 is 4.74 Å². The zero-order chi connectivity index (χ0) is 19.0. The second kappa shape index (κ2) is 7.34. The lowest BCUT2D eigenvalue weighted by molar-refractivity contribution is 0.102. The Labute approximate surface area is 164 Å². The number of nitrogens with one attached hydrogen (secondary N) is 1. The molecule has 0 radical (unpaired) electrons. The van der Waals surface area contributed by atoms with E-state index in [0.29, 0.717) is 39.3 Å². The second-order valence-electron chi connectivity index (χ2n) is 6.12. The Bertz CT molecular complexity index is 1050. The zero-order valence-corrected chi connectivity index (χ0v) is 16.0. The summed E-state index contributed by atoms with van der Waals surface area (Å²) in [5, 5.41) is 16.2. The van der Waals surface area contributed by atoms with Crippen LogP contribution in [0.2, 0.25) is 5.15 Å². The molecular formula is C17H16ClFN6OS. The summed E-state index contributed by atoms with van der Waals surface area (Å²) in [5.41, 5.74) is 1.98. The molecule has 1 N–H and O–H groups in total. The van der Waals surface area contributed by atoms with Gasteiger partial charge in [0.2, 0.25) is 4.77 Å². The number of aromatic nitrogens is 5. The molecule has 0 spiro atoms. The fourth-order valence-electron chi connectivity index (χ4n) is 2.93. The van der Waals surface area contributed by atoms with Crippen LogP contribution in [0.3, 0.4) is 0 Å². The summed E-state index contributed by atoms with van der Waals surface area (Å²) in [6.45, 7) is 2.52. The first-order valence-corrected chi connectivity index (χ1v) is 9.17. The van der Waals surface area contributed by atoms with Crippen LogP contribution in [0.1, 0.15) is 36.0 Å². The number of nitrogens with zero attached hydrogens (tertiary/aromatic N) is 5. The third-order valence-electron chi connectivity index (χ3n) is 4.31. The van der Waals surface area contributed by atoms with E-state index in [9.17, 15) is 4.39 Å². The van der Waals surface area contributed by atoms with Crippen LogP contribution in [0.4, 0.5) is 4.39 Å². The van der Waals surface area contributed by atoms with Gasteiger partial charge >= 0.3 is 0 Å². The summed E-state index contributed by atoms with van der Waals surface area (Å²) in [6, 6.07) is 5.93. The number of halogens is 2. The monoisotopic (exact) mass is 406 g/mol. The molecule has 1 aromatic carbocycles. The van der Waals surface area contributed by atoms with Gasteiger partial charge in [-0.25, -0.2) is 9.07 Å². The van der Waals surface area contributed by atoms with Crippen molar-refractivity contribution in [3.05, 3.63) is 57.1 Å². The molecule has 0 unspecified atom stereocenters. The Morgan fingerprint density at radius 2 is 2.19 bits per heavy atom. The van der Waals surface area contributed by atoms with Crippen LogP contribution in [-0.4, -0.2) is 37.5 Å². The number of aromatic amines is 1. The van der Waals surface area contributed by atoms with Crippen LogP contribution >= 0.6 is 23.8 Å². The van der Waals surface area contributed by atoms with Crippen molar-refractivity contribution >= 4 is 30.0 Å². The summed E-state index contributed by atoms with van der Waals surface area (Å²) in [7, 11) is 0. The standard InChI is InChI=1S/C17H16ClFN6OS/c1-10-13(15(18)24(23-10)12-6-4-11(19)5-7-12)9-20-25-16(21-22-17(25)27)14-3-2-8-26-14/h4-7,9,14H,2-3,8H2,1H3,(H,22,27)/t14-/m0/s1. The Morgan fingerprint density at radius 3 is 2.89 bits per heavy atom. The van der Waals surface area contributed by atoms with E-state index in [0.717, 1.165) is 12.8 Å². The van der Waals surface area contributed by atoms with Gasteiger partial charge in [0.1, 0.15) is 17.1 Å². The van der Waals surface area contributed by atoms with E-state index in [1.165, 1.54) is 21.5 Å². The van der Waals surface area contributed by atoms with E-state index in [-0.39, 0.29) is 11.9 Å². The molecule has 0 amide bonds. The fourth-order valence-corrected chi connectivity index (χ4v) is 3.44. The number of benzene rings is 1. The molecule has 4 rings (SSSR count). The summed E-state index contributed by atoms with van der Waals surface area (Å²) in [4.78, 5) is 0. The van der Waals surface area contributed by atoms with Crippen LogP contribution in [0.15, 0.2) is 29.4 Å². The number of ether oxygens (including phenoxy) is 1. The molecule has 7 nitrogen and oxygen atoms in total. The Balaban J connectivity index is 1.69. The molecule has 1 fully saturated rings. The molecule has 1 atom stereocenters. The molecule has 3 heterocycles. The minimum atomic E-state index is -0.323. The van der Waals surface area contributed by atoms with Gasteiger partial charge in [0.25, 0.3) is 0 Å². The van der Waals surface area contributed by atoms with E-state index in [2.05, 4.69) is 20.4 Å². The van der Waals surface area contributed by atoms with E-state index in [4.69, 9.17) is 28.6 Å². The van der Waals surface area contributed by atoms with Crippen LogP contribution < -0.4 is 0 Å². The highest BCUT2D eigenvalue weighted by molar-refractivity contribution is 7.71. The van der Waals surface area contributed by atoms with Gasteiger partial charge in [-0.2, -0.15) is 20.0 Å². The van der Waals surface area contributed by atoms with Crippen LogP contribution in [0, 0.1) is 17.5 Å². The predicted molar refractivity (Wildman–Crippen MR) is 102 cm³/mol. The van der Waals surface area contributed by atoms with Crippen molar-refractivity contribution in [2.45, 2.75) is 25.9 Å². The van der Waals surface area contributed by atoms with Crippen LogP contribution in [-0.2, 0) is 4.74 Å². The Morgan fingerprint density at radius 1 is 1.41 bits per heavy atom. The minimum Gasteiger partial charge on any atom is -0.370 e. The summed E-state index contributed by atoms with van der Waals surface area (Å²) < 4.78 is 22.3. The van der Waals surface area contributed by atoms with E-state index < -0.39 is 0 Å². The second-order valence-corrected chi connectivity index (χ2v) is 6.87. The maximum Gasteiger partial charge on any atom is 0.216 e. The average molecular weight is 407 g/mol. The number of hydrogen-bond acceptors (Lipinski definition) is 5. The molecule has 140 valence electrons. The van der Waals surface area contributed by atoms with Crippen molar-refractivity contribution in [3.63, 3.8) is 0 Å². The minimum absolute atomic E-state index is 0.131. The van der Waals surface area contributed by atoms with Crippen LogP contribution in [0.5, 0.6) is 0 Å². The first-order valence-electron chi connectivity index (χ1n) is 8.39. The summed E-state index contributed by atoms with van der Waals surface area (Å²) >= 11 is 11.8. The van der Waals surface area contributed by atoms with Gasteiger partial charge in [0, 0.05) is 6.61 Å². The highest BCUT2D eigenvalue weighted by Crippen LogP contribution is 2.27. The van der Waals surface area contributed by atoms with Gasteiger partial charge in [-0.1, -0.05) is 11.6 Å². The first kappa shape index (κ1) is 18.0. The molecule has 2 aromatic heterocycles. The lowest BCUT2D eigenvalue weighted by atomic mass is 10.2. The maximum atomic E-state index is 13.2. The highest BCUT2D eigenvalue weighted by atomic mass is 35.5.